The Labute approximate surface area is 186 Å². The molecule has 0 radical (unpaired) electrons. The summed E-state index contributed by atoms with van der Waals surface area (Å²) in [5, 5.41) is 1.22. The molecule has 2 aliphatic rings. The number of aromatic nitrogens is 1. The molecule has 0 spiro atoms. The zero-order valence-electron chi connectivity index (χ0n) is 18.5. The van der Waals surface area contributed by atoms with E-state index >= 15 is 0 Å². The lowest BCUT2D eigenvalue weighted by Crippen LogP contribution is -2.50. The molecule has 1 aromatic heterocycles. The van der Waals surface area contributed by atoms with E-state index in [1.807, 2.05) is 0 Å². The molecule has 2 aromatic carbocycles. The van der Waals surface area contributed by atoms with Crippen LogP contribution < -0.4 is 4.90 Å². The summed E-state index contributed by atoms with van der Waals surface area (Å²) in [4.78, 5) is 12.7. The molecule has 2 saturated heterocycles. The van der Waals surface area contributed by atoms with Crippen LogP contribution in [0.4, 0.5) is 5.82 Å². The van der Waals surface area contributed by atoms with Gasteiger partial charge in [-0.05, 0) is 55.5 Å². The number of hydrogen-bond acceptors (Lipinski definition) is 4. The Kier molecular flexibility index (Phi) is 6.47. The monoisotopic (exact) mass is 414 g/mol. The Morgan fingerprint density at radius 2 is 1.58 bits per heavy atom. The van der Waals surface area contributed by atoms with Crippen LogP contribution in [0.5, 0.6) is 0 Å². The van der Waals surface area contributed by atoms with Gasteiger partial charge in [-0.25, -0.2) is 4.98 Å². The van der Waals surface area contributed by atoms with Gasteiger partial charge in [0.15, 0.2) is 0 Å². The number of pyridine rings is 1. The third-order valence-corrected chi connectivity index (χ3v) is 6.96. The lowest BCUT2D eigenvalue weighted by molar-refractivity contribution is 0.130. The van der Waals surface area contributed by atoms with Crippen LogP contribution in [0.25, 0.3) is 10.9 Å². The van der Waals surface area contributed by atoms with Crippen molar-refractivity contribution in [1.29, 1.82) is 0 Å². The molecule has 31 heavy (non-hydrogen) atoms. The third kappa shape index (κ3) is 5.25. The molecule has 0 saturated carbocycles. The lowest BCUT2D eigenvalue weighted by Gasteiger charge is -2.39. The van der Waals surface area contributed by atoms with E-state index in [1.165, 1.54) is 56.4 Å². The smallest absolute Gasteiger partial charge is 0.129 e. The van der Waals surface area contributed by atoms with Gasteiger partial charge in [-0.2, -0.15) is 0 Å². The number of para-hydroxylation sites is 1. The van der Waals surface area contributed by atoms with E-state index in [0.29, 0.717) is 0 Å². The van der Waals surface area contributed by atoms with E-state index in [2.05, 4.69) is 81.4 Å². The molecular formula is C27H34N4. The number of nitrogens with zero attached hydrogens (tertiary/aromatic N) is 4. The third-order valence-electron chi connectivity index (χ3n) is 6.96. The maximum Gasteiger partial charge on any atom is 0.129 e. The van der Waals surface area contributed by atoms with Gasteiger partial charge >= 0.3 is 0 Å². The number of anilines is 1. The van der Waals surface area contributed by atoms with Crippen molar-refractivity contribution in [2.75, 3.05) is 57.3 Å². The van der Waals surface area contributed by atoms with Crippen LogP contribution in [-0.4, -0.2) is 67.1 Å². The van der Waals surface area contributed by atoms with Crippen LogP contribution in [0, 0.1) is 5.92 Å². The highest BCUT2D eigenvalue weighted by Gasteiger charge is 2.24. The predicted molar refractivity (Wildman–Crippen MR) is 130 cm³/mol. The SMILES string of the molecule is c1ccc(CCN2CCCC(CN3CCN(c4ccc5ccccc5n4)CC3)C2)cc1. The van der Waals surface area contributed by atoms with Crippen LogP contribution in [0.3, 0.4) is 0 Å². The molecular weight excluding hydrogens is 380 g/mol. The standard InChI is InChI=1S/C27H34N4/c1-2-7-23(8-3-1)14-16-29-15-6-9-24(21-29)22-30-17-19-31(20-18-30)27-13-12-25-10-4-5-11-26(25)28-27/h1-5,7-8,10-13,24H,6,9,14-22H2. The second kappa shape index (κ2) is 9.80. The highest BCUT2D eigenvalue weighted by atomic mass is 15.3. The van der Waals surface area contributed by atoms with Crippen molar-refractivity contribution in [2.24, 2.45) is 5.92 Å². The van der Waals surface area contributed by atoms with Crippen molar-refractivity contribution in [3.05, 3.63) is 72.3 Å². The van der Waals surface area contributed by atoms with Crippen molar-refractivity contribution in [1.82, 2.24) is 14.8 Å². The minimum Gasteiger partial charge on any atom is -0.354 e. The Hall–Kier alpha value is -2.43. The molecule has 5 rings (SSSR count). The average Bonchev–Trinajstić information content (AvgIpc) is 2.84. The number of fused-ring (bicyclic) bond motifs is 1. The second-order valence-corrected chi connectivity index (χ2v) is 9.19. The van der Waals surface area contributed by atoms with Gasteiger partial charge in [0.25, 0.3) is 0 Å². The lowest BCUT2D eigenvalue weighted by atomic mass is 9.96. The summed E-state index contributed by atoms with van der Waals surface area (Å²) in [5.74, 6) is 1.94. The number of likely N-dealkylation sites (tertiary alicyclic amines) is 1. The molecule has 4 nitrogen and oxygen atoms in total. The normalized spacial score (nSPS) is 20.9. The van der Waals surface area contributed by atoms with E-state index in [-0.39, 0.29) is 0 Å². The van der Waals surface area contributed by atoms with Gasteiger partial charge < -0.3 is 9.80 Å². The number of rotatable bonds is 6. The Bertz CT molecular complexity index is 965. The summed E-state index contributed by atoms with van der Waals surface area (Å²) in [6.45, 7) is 9.43. The molecule has 0 amide bonds. The van der Waals surface area contributed by atoms with Crippen molar-refractivity contribution in [3.63, 3.8) is 0 Å². The maximum absolute atomic E-state index is 4.90. The summed E-state index contributed by atoms with van der Waals surface area (Å²) in [7, 11) is 0. The number of piperazine rings is 1. The molecule has 4 heteroatoms. The molecule has 0 N–H and O–H groups in total. The minimum absolute atomic E-state index is 0.815. The molecule has 0 bridgehead atoms. The maximum atomic E-state index is 4.90. The van der Waals surface area contributed by atoms with Gasteiger partial charge in [-0.3, -0.25) is 4.90 Å². The van der Waals surface area contributed by atoms with Crippen LogP contribution in [0.1, 0.15) is 18.4 Å². The molecule has 3 aromatic rings. The van der Waals surface area contributed by atoms with Crippen molar-refractivity contribution in [2.45, 2.75) is 19.3 Å². The number of benzene rings is 2. The van der Waals surface area contributed by atoms with Crippen LogP contribution in [0.2, 0.25) is 0 Å². The zero-order chi connectivity index (χ0) is 20.9. The molecule has 2 aliphatic heterocycles. The second-order valence-electron chi connectivity index (χ2n) is 9.19. The fourth-order valence-corrected chi connectivity index (χ4v) is 5.19. The Balaban J connectivity index is 1.10. The first-order chi connectivity index (χ1) is 15.3. The molecule has 1 unspecified atom stereocenters. The van der Waals surface area contributed by atoms with Gasteiger partial charge in [0.1, 0.15) is 5.82 Å². The van der Waals surface area contributed by atoms with E-state index in [1.54, 1.807) is 0 Å². The molecule has 1 atom stereocenters. The van der Waals surface area contributed by atoms with Gasteiger partial charge in [0.2, 0.25) is 0 Å². The first-order valence-corrected chi connectivity index (χ1v) is 11.9. The van der Waals surface area contributed by atoms with Crippen LogP contribution in [-0.2, 0) is 6.42 Å². The average molecular weight is 415 g/mol. The van der Waals surface area contributed by atoms with Crippen LogP contribution in [0.15, 0.2) is 66.7 Å². The largest absolute Gasteiger partial charge is 0.354 e. The summed E-state index contributed by atoms with van der Waals surface area (Å²) in [5.41, 5.74) is 2.56. The molecule has 162 valence electrons. The Morgan fingerprint density at radius 1 is 0.774 bits per heavy atom. The van der Waals surface area contributed by atoms with Gasteiger partial charge in [0, 0.05) is 51.2 Å². The van der Waals surface area contributed by atoms with Crippen molar-refractivity contribution >= 4 is 16.7 Å². The van der Waals surface area contributed by atoms with E-state index in [4.69, 9.17) is 4.98 Å². The van der Waals surface area contributed by atoms with E-state index in [0.717, 1.165) is 43.4 Å². The van der Waals surface area contributed by atoms with Gasteiger partial charge in [-0.15, -0.1) is 0 Å². The zero-order valence-corrected chi connectivity index (χ0v) is 18.5. The van der Waals surface area contributed by atoms with E-state index < -0.39 is 0 Å². The summed E-state index contributed by atoms with van der Waals surface area (Å²) >= 11 is 0. The number of piperidine rings is 1. The van der Waals surface area contributed by atoms with Gasteiger partial charge in [0.05, 0.1) is 5.52 Å². The Morgan fingerprint density at radius 3 is 2.45 bits per heavy atom. The summed E-state index contributed by atoms with van der Waals surface area (Å²) in [6.07, 6.45) is 3.90. The summed E-state index contributed by atoms with van der Waals surface area (Å²) in [6, 6.07) is 23.7. The molecule has 2 fully saturated rings. The highest BCUT2D eigenvalue weighted by molar-refractivity contribution is 5.80. The fraction of sp³-hybridized carbons (Fsp3) is 0.444. The predicted octanol–water partition coefficient (Wildman–Crippen LogP) is 4.31. The van der Waals surface area contributed by atoms with Crippen molar-refractivity contribution in [3.8, 4) is 0 Å². The van der Waals surface area contributed by atoms with Gasteiger partial charge in [-0.1, -0.05) is 48.5 Å². The first kappa shape index (κ1) is 20.5. The van der Waals surface area contributed by atoms with Crippen LogP contribution >= 0.6 is 0 Å². The number of hydrogen-bond donors (Lipinski definition) is 0. The molecule has 0 aliphatic carbocycles. The van der Waals surface area contributed by atoms with Crippen molar-refractivity contribution < 1.29 is 0 Å². The summed E-state index contributed by atoms with van der Waals surface area (Å²) < 4.78 is 0. The highest BCUT2D eigenvalue weighted by Crippen LogP contribution is 2.22. The fourth-order valence-electron chi connectivity index (χ4n) is 5.19. The quantitative estimate of drug-likeness (QED) is 0.599. The topological polar surface area (TPSA) is 22.6 Å². The minimum atomic E-state index is 0.815. The van der Waals surface area contributed by atoms with E-state index in [9.17, 15) is 0 Å². The molecule has 3 heterocycles. The first-order valence-electron chi connectivity index (χ1n) is 11.9.